The molecule has 0 fully saturated rings. The molecule has 0 aliphatic rings. The van der Waals surface area contributed by atoms with Gasteiger partial charge in [0.05, 0.1) is 17.1 Å². The summed E-state index contributed by atoms with van der Waals surface area (Å²) in [5.41, 5.74) is 2.45. The summed E-state index contributed by atoms with van der Waals surface area (Å²) in [6.45, 7) is 2.09. The van der Waals surface area contributed by atoms with Gasteiger partial charge in [0.1, 0.15) is 11.3 Å². The van der Waals surface area contributed by atoms with Crippen molar-refractivity contribution < 1.29 is 9.18 Å². The van der Waals surface area contributed by atoms with Crippen LogP contribution in [0.1, 0.15) is 24.9 Å². The average molecular weight is 377 g/mol. The number of rotatable bonds is 5. The Morgan fingerprint density at radius 2 is 1.82 bits per heavy atom. The normalized spacial score (nSPS) is 12.4. The highest BCUT2D eigenvalue weighted by Gasteiger charge is 2.14. The first-order valence-corrected chi connectivity index (χ1v) is 9.18. The van der Waals surface area contributed by atoms with E-state index in [-0.39, 0.29) is 30.5 Å². The number of hydrogen-bond donors (Lipinski definition) is 1. The number of nitrogens with zero attached hydrogens (tertiary/aromatic N) is 2. The lowest BCUT2D eigenvalue weighted by Crippen LogP contribution is -2.30. The standard InChI is InChI=1S/C22H20FN3O2/c1-15(16-6-3-2-4-7-16)24-21(27)11-13-26-20-14-17(23)9-10-18(20)25-12-5-8-19(25)22(26)28/h2-10,12,14-15H,11,13H2,1H3,(H,24,27)/t15-/m0/s1. The lowest BCUT2D eigenvalue weighted by Gasteiger charge is -2.16. The molecule has 0 aliphatic heterocycles. The first-order valence-electron chi connectivity index (χ1n) is 9.18. The van der Waals surface area contributed by atoms with Gasteiger partial charge < -0.3 is 14.3 Å². The summed E-state index contributed by atoms with van der Waals surface area (Å²) in [5.74, 6) is -0.586. The molecular formula is C22H20FN3O2. The zero-order valence-corrected chi connectivity index (χ0v) is 15.4. The van der Waals surface area contributed by atoms with Crippen LogP contribution in [0, 0.1) is 5.82 Å². The molecule has 0 saturated carbocycles. The molecule has 0 saturated heterocycles. The average Bonchev–Trinajstić information content (AvgIpc) is 3.18. The summed E-state index contributed by atoms with van der Waals surface area (Å²) in [6.07, 6.45) is 1.90. The van der Waals surface area contributed by atoms with E-state index in [2.05, 4.69) is 5.32 Å². The first kappa shape index (κ1) is 18.0. The second-order valence-corrected chi connectivity index (χ2v) is 6.80. The minimum atomic E-state index is -0.422. The SMILES string of the molecule is C[C@H](NC(=O)CCn1c(=O)c2cccn2c2ccc(F)cc21)c1ccccc1. The molecular weight excluding hydrogens is 357 g/mol. The molecule has 1 atom stereocenters. The third-order valence-corrected chi connectivity index (χ3v) is 4.94. The van der Waals surface area contributed by atoms with Gasteiger partial charge in [0.15, 0.2) is 0 Å². The van der Waals surface area contributed by atoms with E-state index in [0.717, 1.165) is 11.1 Å². The Bertz CT molecular complexity index is 1210. The molecule has 0 bridgehead atoms. The molecule has 2 aromatic carbocycles. The molecule has 4 aromatic rings. The van der Waals surface area contributed by atoms with Crippen molar-refractivity contribution in [1.29, 1.82) is 0 Å². The zero-order valence-electron chi connectivity index (χ0n) is 15.4. The van der Waals surface area contributed by atoms with E-state index >= 15 is 0 Å². The lowest BCUT2D eigenvalue weighted by molar-refractivity contribution is -0.121. The van der Waals surface area contributed by atoms with E-state index in [1.165, 1.54) is 16.7 Å². The zero-order chi connectivity index (χ0) is 19.7. The molecule has 4 rings (SSSR count). The Morgan fingerprint density at radius 1 is 1.04 bits per heavy atom. The monoisotopic (exact) mass is 377 g/mol. The van der Waals surface area contributed by atoms with Crippen molar-refractivity contribution in [3.63, 3.8) is 0 Å². The molecule has 5 nitrogen and oxygen atoms in total. The van der Waals surface area contributed by atoms with Crippen LogP contribution in [0.5, 0.6) is 0 Å². The Labute approximate surface area is 161 Å². The van der Waals surface area contributed by atoms with E-state index < -0.39 is 5.82 Å². The molecule has 0 spiro atoms. The number of amides is 1. The summed E-state index contributed by atoms with van der Waals surface area (Å²) in [5, 5.41) is 2.94. The van der Waals surface area contributed by atoms with E-state index in [1.807, 2.05) is 37.3 Å². The molecule has 2 aromatic heterocycles. The number of fused-ring (bicyclic) bond motifs is 3. The van der Waals surface area contributed by atoms with Gasteiger partial charge in [0, 0.05) is 19.2 Å². The molecule has 6 heteroatoms. The summed E-state index contributed by atoms with van der Waals surface area (Å²) in [6, 6.07) is 17.4. The number of nitrogens with one attached hydrogen (secondary N) is 1. The minimum absolute atomic E-state index is 0.125. The second kappa shape index (κ2) is 7.31. The van der Waals surface area contributed by atoms with Gasteiger partial charge in [-0.3, -0.25) is 9.59 Å². The highest BCUT2D eigenvalue weighted by Crippen LogP contribution is 2.17. The van der Waals surface area contributed by atoms with Crippen LogP contribution < -0.4 is 10.9 Å². The summed E-state index contributed by atoms with van der Waals surface area (Å²) in [4.78, 5) is 25.3. The first-order chi connectivity index (χ1) is 13.5. The number of aryl methyl sites for hydroxylation is 1. The maximum Gasteiger partial charge on any atom is 0.275 e. The van der Waals surface area contributed by atoms with Crippen LogP contribution in [0.3, 0.4) is 0 Å². The van der Waals surface area contributed by atoms with Gasteiger partial charge in [-0.15, -0.1) is 0 Å². The van der Waals surface area contributed by atoms with E-state index in [0.29, 0.717) is 11.0 Å². The predicted octanol–water partition coefficient (Wildman–Crippen LogP) is 3.66. The van der Waals surface area contributed by atoms with Crippen LogP contribution in [0.15, 0.2) is 71.7 Å². The van der Waals surface area contributed by atoms with Gasteiger partial charge >= 0.3 is 0 Å². The fraction of sp³-hybridized carbons (Fsp3) is 0.182. The van der Waals surface area contributed by atoms with Crippen LogP contribution in [-0.2, 0) is 11.3 Å². The van der Waals surface area contributed by atoms with Gasteiger partial charge in [-0.1, -0.05) is 30.3 Å². The summed E-state index contributed by atoms with van der Waals surface area (Å²) >= 11 is 0. The van der Waals surface area contributed by atoms with Crippen LogP contribution in [0.25, 0.3) is 16.6 Å². The van der Waals surface area contributed by atoms with Crippen LogP contribution in [-0.4, -0.2) is 14.9 Å². The Balaban J connectivity index is 1.60. The summed E-state index contributed by atoms with van der Waals surface area (Å²) in [7, 11) is 0. The molecule has 1 N–H and O–H groups in total. The quantitative estimate of drug-likeness (QED) is 0.577. The van der Waals surface area contributed by atoms with Gasteiger partial charge in [-0.2, -0.15) is 0 Å². The number of carbonyl (C=O) groups excluding carboxylic acids is 1. The lowest BCUT2D eigenvalue weighted by atomic mass is 10.1. The molecule has 0 aliphatic carbocycles. The maximum atomic E-state index is 13.8. The topological polar surface area (TPSA) is 55.5 Å². The molecule has 0 unspecified atom stereocenters. The van der Waals surface area contributed by atoms with Crippen molar-refractivity contribution in [3.8, 4) is 0 Å². The van der Waals surface area contributed by atoms with E-state index in [4.69, 9.17) is 0 Å². The van der Waals surface area contributed by atoms with E-state index in [9.17, 15) is 14.0 Å². The highest BCUT2D eigenvalue weighted by molar-refractivity contribution is 5.80. The van der Waals surface area contributed by atoms with Crippen molar-refractivity contribution in [2.24, 2.45) is 0 Å². The van der Waals surface area contributed by atoms with Crippen LogP contribution >= 0.6 is 0 Å². The van der Waals surface area contributed by atoms with Crippen LogP contribution in [0.2, 0.25) is 0 Å². The van der Waals surface area contributed by atoms with Crippen LogP contribution in [0.4, 0.5) is 4.39 Å². The largest absolute Gasteiger partial charge is 0.350 e. The predicted molar refractivity (Wildman–Crippen MR) is 107 cm³/mol. The van der Waals surface area contributed by atoms with Gasteiger partial charge in [-0.05, 0) is 42.8 Å². The number of carbonyl (C=O) groups is 1. The Hall–Kier alpha value is -3.41. The smallest absolute Gasteiger partial charge is 0.275 e. The molecule has 142 valence electrons. The summed E-state index contributed by atoms with van der Waals surface area (Å²) < 4.78 is 17.0. The number of halogens is 1. The van der Waals surface area contributed by atoms with Gasteiger partial charge in [0.25, 0.3) is 5.56 Å². The van der Waals surface area contributed by atoms with Gasteiger partial charge in [-0.25, -0.2) is 4.39 Å². The third-order valence-electron chi connectivity index (χ3n) is 4.94. The number of benzene rings is 2. The maximum absolute atomic E-state index is 13.8. The minimum Gasteiger partial charge on any atom is -0.350 e. The van der Waals surface area contributed by atoms with Crippen molar-refractivity contribution in [3.05, 3.63) is 88.6 Å². The second-order valence-electron chi connectivity index (χ2n) is 6.80. The van der Waals surface area contributed by atoms with E-state index in [1.54, 1.807) is 28.8 Å². The van der Waals surface area contributed by atoms with Crippen molar-refractivity contribution in [2.45, 2.75) is 25.9 Å². The molecule has 1 amide bonds. The molecule has 2 heterocycles. The molecule has 0 radical (unpaired) electrons. The van der Waals surface area contributed by atoms with Crippen molar-refractivity contribution >= 4 is 22.5 Å². The van der Waals surface area contributed by atoms with Crippen molar-refractivity contribution in [1.82, 2.24) is 14.3 Å². The Morgan fingerprint density at radius 3 is 2.61 bits per heavy atom. The number of hydrogen-bond acceptors (Lipinski definition) is 2. The third kappa shape index (κ3) is 3.29. The molecule has 28 heavy (non-hydrogen) atoms. The fourth-order valence-electron chi connectivity index (χ4n) is 3.50. The van der Waals surface area contributed by atoms with Crippen molar-refractivity contribution in [2.75, 3.05) is 0 Å². The van der Waals surface area contributed by atoms with Gasteiger partial charge in [0.2, 0.25) is 5.91 Å². The fourth-order valence-corrected chi connectivity index (χ4v) is 3.50. The number of aromatic nitrogens is 2. The Kier molecular flexibility index (Phi) is 4.69. The highest BCUT2D eigenvalue weighted by atomic mass is 19.1.